The Morgan fingerprint density at radius 1 is 1.53 bits per heavy atom. The summed E-state index contributed by atoms with van der Waals surface area (Å²) in [5, 5.41) is 13.0. The first-order chi connectivity index (χ1) is 8.19. The fourth-order valence-electron chi connectivity index (χ4n) is 1.46. The largest absolute Gasteiger partial charge is 0.397 e. The number of rotatable bonds is 3. The van der Waals surface area contributed by atoms with Gasteiger partial charge in [0.15, 0.2) is 0 Å². The van der Waals surface area contributed by atoms with Crippen molar-refractivity contribution < 1.29 is 0 Å². The van der Waals surface area contributed by atoms with Crippen molar-refractivity contribution in [1.29, 1.82) is 5.26 Å². The maximum Gasteiger partial charge on any atom is 0.0992 e. The van der Waals surface area contributed by atoms with Crippen molar-refractivity contribution in [2.45, 2.75) is 13.5 Å². The third-order valence-corrected chi connectivity index (χ3v) is 3.22. The lowest BCUT2D eigenvalue weighted by atomic mass is 10.2. The second kappa shape index (κ2) is 4.85. The van der Waals surface area contributed by atoms with E-state index in [9.17, 15) is 0 Å². The van der Waals surface area contributed by atoms with Gasteiger partial charge in [-0.25, -0.2) is 4.98 Å². The van der Waals surface area contributed by atoms with Gasteiger partial charge in [0.2, 0.25) is 0 Å². The van der Waals surface area contributed by atoms with Gasteiger partial charge >= 0.3 is 0 Å². The molecule has 1 aromatic carbocycles. The zero-order chi connectivity index (χ0) is 12.3. The Kier molecular flexibility index (Phi) is 3.26. The van der Waals surface area contributed by atoms with Crippen LogP contribution in [0.2, 0.25) is 0 Å². The molecule has 0 spiro atoms. The van der Waals surface area contributed by atoms with Gasteiger partial charge in [0.25, 0.3) is 0 Å². The lowest BCUT2D eigenvalue weighted by Gasteiger charge is -2.07. The molecule has 0 aliphatic heterocycles. The predicted molar refractivity (Wildman–Crippen MR) is 69.7 cm³/mol. The van der Waals surface area contributed by atoms with E-state index in [2.05, 4.69) is 16.4 Å². The van der Waals surface area contributed by atoms with E-state index in [1.807, 2.05) is 19.2 Å². The molecule has 5 heteroatoms. The number of anilines is 2. The molecule has 0 atom stereocenters. The molecule has 2 aromatic rings. The fourth-order valence-corrected chi connectivity index (χ4v) is 2.20. The minimum absolute atomic E-state index is 0.571. The molecular formula is C12H12N4S. The Hall–Kier alpha value is -2.06. The molecule has 0 saturated carbocycles. The smallest absolute Gasteiger partial charge is 0.0992 e. The van der Waals surface area contributed by atoms with Crippen LogP contribution in [0.1, 0.15) is 15.4 Å². The highest BCUT2D eigenvalue weighted by atomic mass is 32.1. The van der Waals surface area contributed by atoms with Gasteiger partial charge in [-0.2, -0.15) is 5.26 Å². The molecular weight excluding hydrogens is 232 g/mol. The highest BCUT2D eigenvalue weighted by molar-refractivity contribution is 7.11. The number of nitrogens with two attached hydrogens (primary N) is 1. The van der Waals surface area contributed by atoms with Crippen LogP contribution in [0.15, 0.2) is 24.4 Å². The summed E-state index contributed by atoms with van der Waals surface area (Å²) in [6.45, 7) is 2.67. The summed E-state index contributed by atoms with van der Waals surface area (Å²) in [6, 6.07) is 7.29. The first kappa shape index (κ1) is 11.4. The molecule has 0 radical (unpaired) electrons. The number of nitriles is 1. The third kappa shape index (κ3) is 2.74. The van der Waals surface area contributed by atoms with Crippen molar-refractivity contribution in [3.05, 3.63) is 39.8 Å². The average Bonchev–Trinajstić information content (AvgIpc) is 2.73. The van der Waals surface area contributed by atoms with Gasteiger partial charge in [-0.3, -0.25) is 0 Å². The Balaban J connectivity index is 2.07. The summed E-state index contributed by atoms with van der Waals surface area (Å²) in [7, 11) is 0. The molecule has 0 aliphatic rings. The number of nitrogen functional groups attached to an aromatic ring is 1. The topological polar surface area (TPSA) is 74.7 Å². The quantitative estimate of drug-likeness (QED) is 0.813. The highest BCUT2D eigenvalue weighted by Gasteiger charge is 2.02. The summed E-state index contributed by atoms with van der Waals surface area (Å²) in [6.07, 6.45) is 1.85. The molecule has 1 aromatic heterocycles. The van der Waals surface area contributed by atoms with Crippen LogP contribution in [0, 0.1) is 18.3 Å². The van der Waals surface area contributed by atoms with Crippen molar-refractivity contribution in [2.24, 2.45) is 0 Å². The van der Waals surface area contributed by atoms with E-state index < -0.39 is 0 Å². The van der Waals surface area contributed by atoms with E-state index in [1.165, 1.54) is 0 Å². The Bertz CT molecular complexity index is 568. The summed E-state index contributed by atoms with van der Waals surface area (Å²) >= 11 is 1.65. The second-order valence-electron chi connectivity index (χ2n) is 3.61. The minimum Gasteiger partial charge on any atom is -0.397 e. The number of nitrogens with one attached hydrogen (secondary N) is 1. The zero-order valence-electron chi connectivity index (χ0n) is 9.40. The molecule has 2 rings (SSSR count). The lowest BCUT2D eigenvalue weighted by Crippen LogP contribution is -2.01. The van der Waals surface area contributed by atoms with Crippen LogP contribution in [-0.2, 0) is 6.54 Å². The lowest BCUT2D eigenvalue weighted by molar-refractivity contribution is 1.17. The third-order valence-electron chi connectivity index (χ3n) is 2.30. The van der Waals surface area contributed by atoms with E-state index >= 15 is 0 Å². The second-order valence-corrected chi connectivity index (χ2v) is 4.93. The van der Waals surface area contributed by atoms with Gasteiger partial charge in [0.1, 0.15) is 0 Å². The molecule has 1 heterocycles. The van der Waals surface area contributed by atoms with Crippen LogP contribution < -0.4 is 11.1 Å². The highest BCUT2D eigenvalue weighted by Crippen LogP contribution is 2.21. The number of hydrogen-bond acceptors (Lipinski definition) is 5. The van der Waals surface area contributed by atoms with Gasteiger partial charge in [-0.05, 0) is 25.1 Å². The molecule has 0 unspecified atom stereocenters. The SMILES string of the molecule is Cc1ncc(CNc2ccc(C#N)cc2N)s1. The van der Waals surface area contributed by atoms with Crippen molar-refractivity contribution in [2.75, 3.05) is 11.1 Å². The van der Waals surface area contributed by atoms with E-state index in [0.717, 1.165) is 15.6 Å². The molecule has 0 bridgehead atoms. The van der Waals surface area contributed by atoms with Crippen LogP contribution in [-0.4, -0.2) is 4.98 Å². The number of thiazole rings is 1. The van der Waals surface area contributed by atoms with Gasteiger partial charge in [0.05, 0.1) is 34.6 Å². The molecule has 0 fully saturated rings. The summed E-state index contributed by atoms with van der Waals surface area (Å²) < 4.78 is 0. The molecule has 0 saturated heterocycles. The Labute approximate surface area is 104 Å². The summed E-state index contributed by atoms with van der Waals surface area (Å²) in [5.41, 5.74) is 7.84. The van der Waals surface area contributed by atoms with Crippen LogP contribution in [0.3, 0.4) is 0 Å². The van der Waals surface area contributed by atoms with Gasteiger partial charge in [-0.1, -0.05) is 0 Å². The maximum absolute atomic E-state index is 8.73. The van der Waals surface area contributed by atoms with Crippen LogP contribution in [0.25, 0.3) is 0 Å². The minimum atomic E-state index is 0.571. The van der Waals surface area contributed by atoms with E-state index in [-0.39, 0.29) is 0 Å². The van der Waals surface area contributed by atoms with Gasteiger partial charge in [0, 0.05) is 11.1 Å². The Morgan fingerprint density at radius 3 is 2.94 bits per heavy atom. The molecule has 4 nitrogen and oxygen atoms in total. The Morgan fingerprint density at radius 2 is 2.35 bits per heavy atom. The van der Waals surface area contributed by atoms with E-state index in [0.29, 0.717) is 17.8 Å². The van der Waals surface area contributed by atoms with Crippen molar-refractivity contribution in [1.82, 2.24) is 4.98 Å². The van der Waals surface area contributed by atoms with E-state index in [1.54, 1.807) is 23.5 Å². The van der Waals surface area contributed by atoms with Gasteiger partial charge in [-0.15, -0.1) is 11.3 Å². The predicted octanol–water partition coefficient (Wildman–Crippen LogP) is 2.52. The molecule has 3 N–H and O–H groups in total. The normalized spacial score (nSPS) is 9.88. The first-order valence-electron chi connectivity index (χ1n) is 5.14. The van der Waals surface area contributed by atoms with Crippen LogP contribution >= 0.6 is 11.3 Å². The molecule has 17 heavy (non-hydrogen) atoms. The number of nitrogens with zero attached hydrogens (tertiary/aromatic N) is 2. The standard InChI is InChI=1S/C12H12N4S/c1-8-15-6-10(17-8)7-16-12-3-2-9(5-13)4-11(12)14/h2-4,6,16H,7,14H2,1H3. The summed E-state index contributed by atoms with van der Waals surface area (Å²) in [4.78, 5) is 5.34. The first-order valence-corrected chi connectivity index (χ1v) is 5.95. The number of hydrogen-bond donors (Lipinski definition) is 2. The van der Waals surface area contributed by atoms with Crippen LogP contribution in [0.5, 0.6) is 0 Å². The number of aryl methyl sites for hydroxylation is 1. The molecule has 0 amide bonds. The maximum atomic E-state index is 8.73. The number of aromatic nitrogens is 1. The van der Waals surface area contributed by atoms with Crippen molar-refractivity contribution in [3.63, 3.8) is 0 Å². The monoisotopic (exact) mass is 244 g/mol. The average molecular weight is 244 g/mol. The zero-order valence-corrected chi connectivity index (χ0v) is 10.2. The van der Waals surface area contributed by atoms with Crippen molar-refractivity contribution >= 4 is 22.7 Å². The van der Waals surface area contributed by atoms with Crippen LogP contribution in [0.4, 0.5) is 11.4 Å². The molecule has 0 aliphatic carbocycles. The summed E-state index contributed by atoms with van der Waals surface area (Å²) in [5.74, 6) is 0. The number of benzene rings is 1. The fraction of sp³-hybridized carbons (Fsp3) is 0.167. The van der Waals surface area contributed by atoms with Gasteiger partial charge < -0.3 is 11.1 Å². The van der Waals surface area contributed by atoms with E-state index in [4.69, 9.17) is 11.0 Å². The molecule has 86 valence electrons. The van der Waals surface area contributed by atoms with Crippen molar-refractivity contribution in [3.8, 4) is 6.07 Å².